The van der Waals surface area contributed by atoms with Crippen LogP contribution in [0.15, 0.2) is 12.2 Å². The molecule has 1 saturated heterocycles. The van der Waals surface area contributed by atoms with Crippen LogP contribution in [0.4, 0.5) is 0 Å². The minimum atomic E-state index is -0.564. The molecule has 1 unspecified atom stereocenters. The van der Waals surface area contributed by atoms with Crippen LogP contribution in [-0.2, 0) is 9.53 Å². The molecule has 0 radical (unpaired) electrons. The van der Waals surface area contributed by atoms with Gasteiger partial charge < -0.3 is 9.84 Å². The molecule has 4 saturated carbocycles. The number of rotatable bonds is 1. The highest BCUT2D eigenvalue weighted by atomic mass is 16.5. The number of allylic oxidation sites excluding steroid dienone is 1. The lowest BCUT2D eigenvalue weighted by atomic mass is 9.60. The lowest BCUT2D eigenvalue weighted by Gasteiger charge is -2.44. The van der Waals surface area contributed by atoms with Gasteiger partial charge in [0.1, 0.15) is 0 Å². The first kappa shape index (κ1) is 13.6. The van der Waals surface area contributed by atoms with Crippen LogP contribution >= 0.6 is 0 Å². The van der Waals surface area contributed by atoms with Crippen molar-refractivity contribution >= 4 is 5.97 Å². The molecule has 0 aromatic rings. The number of carboxylic acid groups (broad SMARTS) is 1. The van der Waals surface area contributed by atoms with Gasteiger partial charge in [0.15, 0.2) is 0 Å². The molecule has 0 amide bonds. The van der Waals surface area contributed by atoms with Gasteiger partial charge in [0, 0.05) is 5.92 Å². The van der Waals surface area contributed by atoms with Crippen LogP contribution in [0, 0.1) is 34.5 Å². The monoisotopic (exact) mass is 302 g/mol. The molecular formula is C19H26O3. The van der Waals surface area contributed by atoms with Crippen molar-refractivity contribution < 1.29 is 14.6 Å². The normalized spacial score (nSPS) is 58.5. The molecule has 4 aliphatic carbocycles. The first-order valence-electron chi connectivity index (χ1n) is 8.97. The highest BCUT2D eigenvalue weighted by Gasteiger charge is 2.78. The molecule has 0 aromatic heterocycles. The molecule has 7 atom stereocenters. The highest BCUT2D eigenvalue weighted by Crippen LogP contribution is 2.77. The second kappa shape index (κ2) is 3.80. The zero-order chi connectivity index (χ0) is 15.3. The topological polar surface area (TPSA) is 46.5 Å². The Hall–Kier alpha value is -0.830. The summed E-state index contributed by atoms with van der Waals surface area (Å²) in [5.41, 5.74) is 1.21. The third kappa shape index (κ3) is 1.25. The van der Waals surface area contributed by atoms with Crippen LogP contribution in [-0.4, -0.2) is 23.3 Å². The van der Waals surface area contributed by atoms with Gasteiger partial charge in [0.25, 0.3) is 0 Å². The van der Waals surface area contributed by atoms with E-state index in [1.165, 1.54) is 18.4 Å². The Balaban J connectivity index is 1.73. The number of hydrogen-bond donors (Lipinski definition) is 1. The van der Waals surface area contributed by atoms with E-state index >= 15 is 0 Å². The Kier molecular flexibility index (Phi) is 2.35. The lowest BCUT2D eigenvalue weighted by molar-refractivity contribution is -0.150. The first-order valence-corrected chi connectivity index (χ1v) is 8.97. The number of fused-ring (bicyclic) bond motifs is 1. The SMILES string of the molecule is C=C1C[C@]23CC1CC[C@H]2[C@@]12CCC[C@](C)(CO1)[C@H]2[C@@H]3C(=O)O. The van der Waals surface area contributed by atoms with Crippen molar-refractivity contribution in [3.05, 3.63) is 12.2 Å². The third-order valence-electron chi connectivity index (χ3n) is 8.33. The predicted molar refractivity (Wildman–Crippen MR) is 82.3 cm³/mol. The molecule has 4 bridgehead atoms. The summed E-state index contributed by atoms with van der Waals surface area (Å²) in [7, 11) is 0. The van der Waals surface area contributed by atoms with Crippen LogP contribution in [0.3, 0.4) is 0 Å². The molecule has 5 aliphatic rings. The first-order chi connectivity index (χ1) is 10.4. The summed E-state index contributed by atoms with van der Waals surface area (Å²) in [6.45, 7) is 7.38. The Morgan fingerprint density at radius 2 is 2.18 bits per heavy atom. The standard InChI is InChI=1S/C19H26O3/c1-11-8-18-9-12(11)4-5-13(18)19-7-3-6-17(2,10-22-19)15(19)14(18)16(20)21/h12-15H,1,3-10H2,2H3,(H,20,21)/t12?,13-,14-,15-,17-,18+,19-/m1/s1. The van der Waals surface area contributed by atoms with Crippen LogP contribution in [0.1, 0.15) is 51.9 Å². The average molecular weight is 302 g/mol. The Morgan fingerprint density at radius 3 is 2.95 bits per heavy atom. The van der Waals surface area contributed by atoms with Crippen molar-refractivity contribution in [3.63, 3.8) is 0 Å². The molecule has 120 valence electrons. The fourth-order valence-electron chi connectivity index (χ4n) is 7.84. The third-order valence-corrected chi connectivity index (χ3v) is 8.33. The van der Waals surface area contributed by atoms with Gasteiger partial charge in [0.2, 0.25) is 0 Å². The number of hydrogen-bond acceptors (Lipinski definition) is 2. The smallest absolute Gasteiger partial charge is 0.307 e. The summed E-state index contributed by atoms with van der Waals surface area (Å²) < 4.78 is 6.53. The fourth-order valence-corrected chi connectivity index (χ4v) is 7.84. The zero-order valence-corrected chi connectivity index (χ0v) is 13.4. The molecule has 3 nitrogen and oxygen atoms in total. The van der Waals surface area contributed by atoms with Gasteiger partial charge in [-0.05, 0) is 67.6 Å². The zero-order valence-electron chi connectivity index (χ0n) is 13.4. The van der Waals surface area contributed by atoms with Crippen molar-refractivity contribution in [2.24, 2.45) is 34.5 Å². The molecule has 3 heteroatoms. The van der Waals surface area contributed by atoms with Crippen LogP contribution < -0.4 is 0 Å². The molecule has 5 rings (SSSR count). The molecule has 0 aromatic carbocycles. The molecule has 22 heavy (non-hydrogen) atoms. The van der Waals surface area contributed by atoms with Gasteiger partial charge >= 0.3 is 5.97 Å². The van der Waals surface area contributed by atoms with Gasteiger partial charge in [-0.15, -0.1) is 0 Å². The van der Waals surface area contributed by atoms with E-state index in [2.05, 4.69) is 13.5 Å². The second-order valence-electron chi connectivity index (χ2n) is 9.14. The van der Waals surface area contributed by atoms with E-state index in [1.54, 1.807) is 0 Å². The summed E-state index contributed by atoms with van der Waals surface area (Å²) in [4.78, 5) is 12.4. The summed E-state index contributed by atoms with van der Waals surface area (Å²) in [6.07, 6.45) is 7.78. The summed E-state index contributed by atoms with van der Waals surface area (Å²) in [6, 6.07) is 0. The van der Waals surface area contributed by atoms with Gasteiger partial charge in [-0.1, -0.05) is 19.1 Å². The molecular weight excluding hydrogens is 276 g/mol. The molecule has 1 spiro atoms. The van der Waals surface area contributed by atoms with Crippen molar-refractivity contribution in [2.75, 3.05) is 6.61 Å². The maximum atomic E-state index is 12.4. The maximum Gasteiger partial charge on any atom is 0.307 e. The maximum absolute atomic E-state index is 12.4. The fraction of sp³-hybridized carbons (Fsp3) is 0.842. The van der Waals surface area contributed by atoms with Gasteiger partial charge in [-0.3, -0.25) is 4.79 Å². The molecule has 1 aliphatic heterocycles. The number of carbonyl (C=O) groups is 1. The van der Waals surface area contributed by atoms with E-state index in [0.29, 0.717) is 11.8 Å². The number of carboxylic acids is 1. The Labute approximate surface area is 132 Å². The second-order valence-corrected chi connectivity index (χ2v) is 9.14. The molecule has 5 fully saturated rings. The minimum absolute atomic E-state index is 0.0531. The van der Waals surface area contributed by atoms with Gasteiger partial charge in [-0.2, -0.15) is 0 Å². The largest absolute Gasteiger partial charge is 0.481 e. The summed E-state index contributed by atoms with van der Waals surface area (Å²) in [5.74, 6) is 0.462. The number of aliphatic carboxylic acids is 1. The Morgan fingerprint density at radius 1 is 1.36 bits per heavy atom. The van der Waals surface area contributed by atoms with E-state index in [4.69, 9.17) is 4.74 Å². The van der Waals surface area contributed by atoms with Crippen LogP contribution in [0.2, 0.25) is 0 Å². The minimum Gasteiger partial charge on any atom is -0.481 e. The van der Waals surface area contributed by atoms with Crippen molar-refractivity contribution in [2.45, 2.75) is 57.5 Å². The van der Waals surface area contributed by atoms with Gasteiger partial charge in [0.05, 0.1) is 18.1 Å². The van der Waals surface area contributed by atoms with Crippen molar-refractivity contribution in [1.82, 2.24) is 0 Å². The highest BCUT2D eigenvalue weighted by molar-refractivity contribution is 5.74. The van der Waals surface area contributed by atoms with Crippen molar-refractivity contribution in [1.29, 1.82) is 0 Å². The van der Waals surface area contributed by atoms with E-state index in [0.717, 1.165) is 38.7 Å². The number of ether oxygens (including phenoxy) is 1. The summed E-state index contributed by atoms with van der Waals surface area (Å²) >= 11 is 0. The Bertz CT molecular complexity index is 583. The van der Waals surface area contributed by atoms with Gasteiger partial charge in [-0.25, -0.2) is 0 Å². The lowest BCUT2D eigenvalue weighted by Crippen LogP contribution is -2.46. The quantitative estimate of drug-likeness (QED) is 0.752. The van der Waals surface area contributed by atoms with Crippen LogP contribution in [0.5, 0.6) is 0 Å². The van der Waals surface area contributed by atoms with E-state index < -0.39 is 5.97 Å². The average Bonchev–Trinajstić information content (AvgIpc) is 2.92. The van der Waals surface area contributed by atoms with Crippen molar-refractivity contribution in [3.8, 4) is 0 Å². The summed E-state index contributed by atoms with van der Waals surface area (Å²) in [5, 5.41) is 10.2. The van der Waals surface area contributed by atoms with E-state index in [1.807, 2.05) is 0 Å². The molecule has 1 heterocycles. The predicted octanol–water partition coefficient (Wildman–Crippen LogP) is 3.64. The van der Waals surface area contributed by atoms with E-state index in [9.17, 15) is 9.90 Å². The molecule has 1 N–H and O–H groups in total. The van der Waals surface area contributed by atoms with Crippen LogP contribution in [0.25, 0.3) is 0 Å². The van der Waals surface area contributed by atoms with E-state index in [-0.39, 0.29) is 28.3 Å².